The van der Waals surface area contributed by atoms with E-state index in [9.17, 15) is 8.42 Å². The molecule has 21 heavy (non-hydrogen) atoms. The third-order valence-corrected chi connectivity index (χ3v) is 6.91. The molecule has 2 aliphatic heterocycles. The van der Waals surface area contributed by atoms with E-state index >= 15 is 0 Å². The molecule has 0 spiro atoms. The van der Waals surface area contributed by atoms with Gasteiger partial charge in [0.25, 0.3) is 0 Å². The Morgan fingerprint density at radius 2 is 2.05 bits per heavy atom. The molecule has 1 aromatic rings. The van der Waals surface area contributed by atoms with Gasteiger partial charge in [-0.25, -0.2) is 13.0 Å². The Hall–Kier alpha value is -1.41. The summed E-state index contributed by atoms with van der Waals surface area (Å²) in [4.78, 5) is 0. The first-order valence-corrected chi connectivity index (χ1v) is 9.16. The van der Waals surface area contributed by atoms with Crippen LogP contribution in [0.3, 0.4) is 0 Å². The number of hydrogen-bond acceptors (Lipinski definition) is 6. The van der Waals surface area contributed by atoms with Crippen LogP contribution in [-0.2, 0) is 9.84 Å². The lowest BCUT2D eigenvalue weighted by molar-refractivity contribution is -0.471. The normalized spacial score (nSPS) is 26.8. The van der Waals surface area contributed by atoms with Gasteiger partial charge >= 0.3 is 5.17 Å². The maximum Gasteiger partial charge on any atom is 0.310 e. The van der Waals surface area contributed by atoms with E-state index < -0.39 is 9.84 Å². The summed E-state index contributed by atoms with van der Waals surface area (Å²) in [6.45, 7) is 0. The topological polar surface area (TPSA) is 81.6 Å². The van der Waals surface area contributed by atoms with Crippen LogP contribution in [-0.4, -0.2) is 55.2 Å². The molecular weight excluding hydrogens is 312 g/mol. The standard InChI is InChI=1S/C13H16N2O4S2/c1-18-8-3-4-9(11(5-8)19-2)15-10-6-21(16,17)7-12(10)20-13(15)14/h3-5,10,12,14H,6-7H2,1-2H3/p+1. The Morgan fingerprint density at radius 3 is 2.71 bits per heavy atom. The number of thioether (sulfide) groups is 1. The summed E-state index contributed by atoms with van der Waals surface area (Å²) in [7, 11) is 0.154. The first-order valence-electron chi connectivity index (χ1n) is 6.46. The van der Waals surface area contributed by atoms with E-state index in [1.807, 2.05) is 16.7 Å². The van der Waals surface area contributed by atoms with Crippen LogP contribution in [0.15, 0.2) is 18.2 Å². The lowest BCUT2D eigenvalue weighted by atomic mass is 10.2. The van der Waals surface area contributed by atoms with E-state index in [1.54, 1.807) is 20.3 Å². The highest BCUT2D eigenvalue weighted by molar-refractivity contribution is 8.15. The van der Waals surface area contributed by atoms with Crippen LogP contribution in [0.5, 0.6) is 11.5 Å². The lowest BCUT2D eigenvalue weighted by Crippen LogP contribution is -2.29. The molecule has 0 radical (unpaired) electrons. The van der Waals surface area contributed by atoms with Gasteiger partial charge in [-0.05, 0) is 23.9 Å². The fourth-order valence-electron chi connectivity index (χ4n) is 2.81. The van der Waals surface area contributed by atoms with Crippen LogP contribution in [0.25, 0.3) is 0 Å². The van der Waals surface area contributed by atoms with Gasteiger partial charge in [0, 0.05) is 6.07 Å². The van der Waals surface area contributed by atoms with Gasteiger partial charge in [-0.15, -0.1) is 0 Å². The molecule has 2 unspecified atom stereocenters. The van der Waals surface area contributed by atoms with Crippen LogP contribution in [0.2, 0.25) is 0 Å². The molecule has 114 valence electrons. The van der Waals surface area contributed by atoms with Crippen molar-refractivity contribution in [3.05, 3.63) is 18.2 Å². The summed E-state index contributed by atoms with van der Waals surface area (Å²) in [5.74, 6) is 1.60. The van der Waals surface area contributed by atoms with E-state index in [1.165, 1.54) is 11.8 Å². The predicted molar refractivity (Wildman–Crippen MR) is 82.5 cm³/mol. The molecule has 0 bridgehead atoms. The zero-order chi connectivity index (χ0) is 15.2. The SMILES string of the molecule is COc1ccc([N+]2=C(N)SC3CS(=O)(=O)CC32)c(OC)c1. The van der Waals surface area contributed by atoms with Crippen molar-refractivity contribution in [1.82, 2.24) is 0 Å². The number of methoxy groups -OCH3 is 2. The van der Waals surface area contributed by atoms with Crippen molar-refractivity contribution >= 4 is 32.5 Å². The molecule has 1 fully saturated rings. The largest absolute Gasteiger partial charge is 0.497 e. The highest BCUT2D eigenvalue weighted by Crippen LogP contribution is 2.40. The Kier molecular flexibility index (Phi) is 3.53. The van der Waals surface area contributed by atoms with Crippen molar-refractivity contribution in [2.75, 3.05) is 25.7 Å². The molecule has 2 N–H and O–H groups in total. The van der Waals surface area contributed by atoms with Crippen molar-refractivity contribution in [2.24, 2.45) is 5.73 Å². The second kappa shape index (κ2) is 5.10. The van der Waals surface area contributed by atoms with Crippen LogP contribution in [0.4, 0.5) is 5.69 Å². The van der Waals surface area contributed by atoms with Gasteiger partial charge < -0.3 is 9.47 Å². The molecule has 6 nitrogen and oxygen atoms in total. The lowest BCUT2D eigenvalue weighted by Gasteiger charge is -2.14. The maximum atomic E-state index is 11.8. The van der Waals surface area contributed by atoms with Crippen molar-refractivity contribution in [2.45, 2.75) is 11.3 Å². The van der Waals surface area contributed by atoms with E-state index in [-0.39, 0.29) is 22.8 Å². The summed E-state index contributed by atoms with van der Waals surface area (Å²) in [5.41, 5.74) is 6.88. The molecule has 1 aromatic carbocycles. The molecular formula is C13H17N2O4S2+. The number of rotatable bonds is 3. The third-order valence-electron chi connectivity index (χ3n) is 3.76. The average Bonchev–Trinajstić information content (AvgIpc) is 2.88. The Bertz CT molecular complexity index is 715. The summed E-state index contributed by atoms with van der Waals surface area (Å²) in [5, 5.41) is 0.602. The number of fused-ring (bicyclic) bond motifs is 1. The second-order valence-corrected chi connectivity index (χ2v) is 8.46. The fourth-order valence-corrected chi connectivity index (χ4v) is 6.62. The van der Waals surface area contributed by atoms with Gasteiger partial charge in [-0.3, -0.25) is 5.73 Å². The summed E-state index contributed by atoms with van der Waals surface area (Å²) in [6, 6.07) is 5.29. The van der Waals surface area contributed by atoms with E-state index in [2.05, 4.69) is 0 Å². The third kappa shape index (κ3) is 2.46. The summed E-state index contributed by atoms with van der Waals surface area (Å²) in [6.07, 6.45) is 0. The van der Waals surface area contributed by atoms with Gasteiger partial charge in [0.2, 0.25) is 0 Å². The number of hydrogen-bond donors (Lipinski definition) is 1. The van der Waals surface area contributed by atoms with Gasteiger partial charge in [-0.2, -0.15) is 0 Å². The zero-order valence-corrected chi connectivity index (χ0v) is 13.4. The predicted octanol–water partition coefficient (Wildman–Crippen LogP) is 0.575. The molecule has 3 rings (SSSR count). The van der Waals surface area contributed by atoms with Crippen molar-refractivity contribution < 1.29 is 22.5 Å². The first-order chi connectivity index (χ1) is 9.95. The zero-order valence-electron chi connectivity index (χ0n) is 11.8. The van der Waals surface area contributed by atoms with Crippen molar-refractivity contribution in [3.8, 4) is 11.5 Å². The highest BCUT2D eigenvalue weighted by Gasteiger charge is 2.50. The minimum atomic E-state index is -3.00. The van der Waals surface area contributed by atoms with Crippen LogP contribution in [0, 0.1) is 0 Å². The highest BCUT2D eigenvalue weighted by atomic mass is 32.2. The van der Waals surface area contributed by atoms with Crippen LogP contribution in [0.1, 0.15) is 0 Å². The van der Waals surface area contributed by atoms with Gasteiger partial charge in [0.1, 0.15) is 11.8 Å². The van der Waals surface area contributed by atoms with Gasteiger partial charge in [0.05, 0.1) is 31.0 Å². The summed E-state index contributed by atoms with van der Waals surface area (Å²) >= 11 is 1.42. The molecule has 0 saturated carbocycles. The minimum absolute atomic E-state index is 0.0122. The fraction of sp³-hybridized carbons (Fsp3) is 0.462. The van der Waals surface area contributed by atoms with Crippen LogP contribution >= 0.6 is 11.8 Å². The Labute approximate surface area is 127 Å². The van der Waals surface area contributed by atoms with Crippen molar-refractivity contribution in [1.29, 1.82) is 0 Å². The average molecular weight is 329 g/mol. The number of sulfone groups is 1. The molecule has 1 saturated heterocycles. The molecule has 0 aliphatic carbocycles. The molecule has 2 atom stereocenters. The second-order valence-electron chi connectivity index (χ2n) is 5.05. The Balaban J connectivity index is 2.06. The molecule has 8 heteroatoms. The Morgan fingerprint density at radius 1 is 1.29 bits per heavy atom. The van der Waals surface area contributed by atoms with E-state index in [0.29, 0.717) is 16.7 Å². The molecule has 0 amide bonds. The monoisotopic (exact) mass is 329 g/mol. The number of amidine groups is 1. The maximum absolute atomic E-state index is 11.8. The molecule has 2 heterocycles. The van der Waals surface area contributed by atoms with E-state index in [4.69, 9.17) is 15.2 Å². The first kappa shape index (κ1) is 14.5. The summed E-state index contributed by atoms with van der Waals surface area (Å²) < 4.78 is 36.1. The number of ether oxygens (including phenoxy) is 2. The number of benzene rings is 1. The number of nitrogens with two attached hydrogens (primary N) is 1. The quantitative estimate of drug-likeness (QED) is 0.817. The van der Waals surface area contributed by atoms with Gasteiger partial charge in [-0.1, -0.05) is 0 Å². The smallest absolute Gasteiger partial charge is 0.310 e. The number of nitrogens with zero attached hydrogens (tertiary/aromatic N) is 1. The van der Waals surface area contributed by atoms with E-state index in [0.717, 1.165) is 5.69 Å². The van der Waals surface area contributed by atoms with Crippen molar-refractivity contribution in [3.63, 3.8) is 0 Å². The van der Waals surface area contributed by atoms with Crippen LogP contribution < -0.4 is 15.2 Å². The molecule has 0 aromatic heterocycles. The minimum Gasteiger partial charge on any atom is -0.497 e. The van der Waals surface area contributed by atoms with Gasteiger partial charge in [0.15, 0.2) is 21.3 Å². The molecule has 2 aliphatic rings.